The second-order valence-electron chi connectivity index (χ2n) is 4.80. The Hall–Kier alpha value is -1.18. The molecule has 1 unspecified atom stereocenters. The predicted octanol–water partition coefficient (Wildman–Crippen LogP) is 1.01. The molecule has 0 amide bonds. The number of aliphatic hydroxyl groups is 1. The van der Waals surface area contributed by atoms with Crippen LogP contribution in [0.2, 0.25) is 0 Å². The molecule has 1 aromatic carbocycles. The molecule has 0 aromatic heterocycles. The highest BCUT2D eigenvalue weighted by molar-refractivity contribution is 7.89. The molecule has 0 bridgehead atoms. The van der Waals surface area contributed by atoms with E-state index in [-0.39, 0.29) is 18.2 Å². The van der Waals surface area contributed by atoms with Crippen molar-refractivity contribution in [3.63, 3.8) is 0 Å². The molecule has 0 aliphatic carbocycles. The van der Waals surface area contributed by atoms with Crippen molar-refractivity contribution < 1.29 is 17.9 Å². The van der Waals surface area contributed by atoms with Gasteiger partial charge in [0.1, 0.15) is 10.7 Å². The van der Waals surface area contributed by atoms with Crippen molar-refractivity contribution in [3.05, 3.63) is 23.5 Å². The number of nitrogens with two attached hydrogens (primary N) is 1. The summed E-state index contributed by atoms with van der Waals surface area (Å²) >= 11 is 0. The number of aliphatic hydroxyl groups excluding tert-OH is 1. The van der Waals surface area contributed by atoms with Crippen molar-refractivity contribution in [1.82, 2.24) is 4.72 Å². The zero-order valence-corrected chi connectivity index (χ0v) is 12.0. The van der Waals surface area contributed by atoms with E-state index in [4.69, 9.17) is 5.73 Å². The van der Waals surface area contributed by atoms with E-state index in [0.29, 0.717) is 5.56 Å². The van der Waals surface area contributed by atoms with E-state index in [1.165, 1.54) is 0 Å². The van der Waals surface area contributed by atoms with Crippen LogP contribution in [0.25, 0.3) is 0 Å². The van der Waals surface area contributed by atoms with Crippen LogP contribution in [0.1, 0.15) is 19.4 Å². The molecule has 5 nitrogen and oxygen atoms in total. The monoisotopic (exact) mass is 290 g/mol. The Labute approximate surface area is 112 Å². The van der Waals surface area contributed by atoms with Gasteiger partial charge in [0.25, 0.3) is 0 Å². The molecular formula is C12H19FN2O3S. The van der Waals surface area contributed by atoms with Crippen LogP contribution in [-0.4, -0.2) is 26.2 Å². The fourth-order valence-electron chi connectivity index (χ4n) is 1.38. The molecule has 0 aliphatic heterocycles. The SMILES string of the molecule is Cc1cc(F)c(S(=O)(=O)NCC(O)C(C)C)cc1N. The van der Waals surface area contributed by atoms with Crippen molar-refractivity contribution >= 4 is 15.7 Å². The lowest BCUT2D eigenvalue weighted by Gasteiger charge is -2.16. The van der Waals surface area contributed by atoms with E-state index in [1.807, 2.05) is 0 Å². The lowest BCUT2D eigenvalue weighted by atomic mass is 10.1. The highest BCUT2D eigenvalue weighted by atomic mass is 32.2. The summed E-state index contributed by atoms with van der Waals surface area (Å²) in [4.78, 5) is -0.508. The number of rotatable bonds is 5. The summed E-state index contributed by atoms with van der Waals surface area (Å²) in [6, 6.07) is 2.15. The second-order valence-corrected chi connectivity index (χ2v) is 6.54. The maximum absolute atomic E-state index is 13.7. The highest BCUT2D eigenvalue weighted by Gasteiger charge is 2.22. The normalized spacial score (nSPS) is 13.8. The van der Waals surface area contributed by atoms with Crippen LogP contribution in [-0.2, 0) is 10.0 Å². The van der Waals surface area contributed by atoms with Crippen molar-refractivity contribution in [2.75, 3.05) is 12.3 Å². The van der Waals surface area contributed by atoms with Crippen LogP contribution >= 0.6 is 0 Å². The van der Waals surface area contributed by atoms with Crippen LogP contribution in [0.15, 0.2) is 17.0 Å². The Bertz CT molecular complexity index is 558. The largest absolute Gasteiger partial charge is 0.398 e. The molecule has 0 radical (unpaired) electrons. The van der Waals surface area contributed by atoms with Crippen molar-refractivity contribution in [2.45, 2.75) is 31.8 Å². The van der Waals surface area contributed by atoms with Crippen LogP contribution < -0.4 is 10.5 Å². The lowest BCUT2D eigenvalue weighted by molar-refractivity contribution is 0.129. The molecule has 1 rings (SSSR count). The number of halogens is 1. The Balaban J connectivity index is 2.98. The molecule has 0 spiro atoms. The summed E-state index contributed by atoms with van der Waals surface area (Å²) in [7, 11) is -4.02. The first kappa shape index (κ1) is 15.9. The number of hydrogen-bond acceptors (Lipinski definition) is 4. The van der Waals surface area contributed by atoms with E-state index < -0.39 is 26.8 Å². The lowest BCUT2D eigenvalue weighted by Crippen LogP contribution is -2.35. The number of anilines is 1. The summed E-state index contributed by atoms with van der Waals surface area (Å²) in [5.74, 6) is -0.964. The third kappa shape index (κ3) is 3.89. The van der Waals surface area contributed by atoms with E-state index in [2.05, 4.69) is 4.72 Å². The van der Waals surface area contributed by atoms with Crippen LogP contribution in [0, 0.1) is 18.7 Å². The van der Waals surface area contributed by atoms with Crippen LogP contribution in [0.3, 0.4) is 0 Å². The fourth-order valence-corrected chi connectivity index (χ4v) is 2.53. The minimum Gasteiger partial charge on any atom is -0.398 e. The summed E-state index contributed by atoms with van der Waals surface area (Å²) < 4.78 is 39.7. The van der Waals surface area contributed by atoms with Gasteiger partial charge >= 0.3 is 0 Å². The van der Waals surface area contributed by atoms with E-state index in [9.17, 15) is 17.9 Å². The second kappa shape index (κ2) is 5.85. The molecule has 0 heterocycles. The quantitative estimate of drug-likeness (QED) is 0.706. The number of sulfonamides is 1. The Kier molecular flexibility index (Phi) is 4.89. The molecule has 0 fully saturated rings. The van der Waals surface area contributed by atoms with Gasteiger partial charge in [0.2, 0.25) is 10.0 Å². The van der Waals surface area contributed by atoms with Crippen molar-refractivity contribution in [3.8, 4) is 0 Å². The van der Waals surface area contributed by atoms with Crippen LogP contribution in [0.4, 0.5) is 10.1 Å². The first-order valence-electron chi connectivity index (χ1n) is 5.88. The van der Waals surface area contributed by atoms with Gasteiger partial charge in [-0.2, -0.15) is 0 Å². The zero-order chi connectivity index (χ0) is 14.8. The van der Waals surface area contributed by atoms with E-state index in [0.717, 1.165) is 12.1 Å². The molecule has 7 heteroatoms. The number of aryl methyl sites for hydroxylation is 1. The van der Waals surface area contributed by atoms with Gasteiger partial charge in [0.15, 0.2) is 0 Å². The van der Waals surface area contributed by atoms with Gasteiger partial charge in [-0.1, -0.05) is 13.8 Å². The molecular weight excluding hydrogens is 271 g/mol. The fraction of sp³-hybridized carbons (Fsp3) is 0.500. The summed E-state index contributed by atoms with van der Waals surface area (Å²) in [5, 5.41) is 9.56. The molecule has 0 saturated carbocycles. The smallest absolute Gasteiger partial charge is 0.243 e. The third-order valence-electron chi connectivity index (χ3n) is 2.86. The van der Waals surface area contributed by atoms with E-state index in [1.54, 1.807) is 20.8 Å². The summed E-state index contributed by atoms with van der Waals surface area (Å²) in [6.07, 6.45) is -0.833. The third-order valence-corrected chi connectivity index (χ3v) is 4.30. The Morgan fingerprint density at radius 3 is 2.53 bits per heavy atom. The number of hydrogen-bond donors (Lipinski definition) is 3. The minimum atomic E-state index is -4.02. The Morgan fingerprint density at radius 1 is 1.42 bits per heavy atom. The predicted molar refractivity (Wildman–Crippen MR) is 71.6 cm³/mol. The molecule has 108 valence electrons. The summed E-state index contributed by atoms with van der Waals surface area (Å²) in [6.45, 7) is 4.92. The first-order chi connectivity index (χ1) is 8.65. The van der Waals surface area contributed by atoms with Gasteiger partial charge in [-0.05, 0) is 30.5 Å². The molecule has 0 aliphatic rings. The average molecular weight is 290 g/mol. The minimum absolute atomic E-state index is 0.101. The topological polar surface area (TPSA) is 92.4 Å². The zero-order valence-electron chi connectivity index (χ0n) is 11.1. The first-order valence-corrected chi connectivity index (χ1v) is 7.37. The molecule has 1 atom stereocenters. The van der Waals surface area contributed by atoms with E-state index >= 15 is 0 Å². The number of nitrogens with one attached hydrogen (secondary N) is 1. The maximum Gasteiger partial charge on any atom is 0.243 e. The highest BCUT2D eigenvalue weighted by Crippen LogP contribution is 2.21. The standard InChI is InChI=1S/C12H19FN2O3S/c1-7(2)11(16)6-15-19(17,18)12-5-10(14)8(3)4-9(12)13/h4-5,7,11,15-16H,6,14H2,1-3H3. The van der Waals surface area contributed by atoms with Gasteiger partial charge in [-0.15, -0.1) is 0 Å². The summed E-state index contributed by atoms with van der Waals surface area (Å²) in [5.41, 5.74) is 6.25. The molecule has 19 heavy (non-hydrogen) atoms. The molecule has 4 N–H and O–H groups in total. The average Bonchev–Trinajstić information content (AvgIpc) is 2.30. The number of benzene rings is 1. The van der Waals surface area contributed by atoms with Gasteiger partial charge in [0.05, 0.1) is 6.10 Å². The molecule has 0 saturated heterocycles. The van der Waals surface area contributed by atoms with Crippen molar-refractivity contribution in [1.29, 1.82) is 0 Å². The Morgan fingerprint density at radius 2 is 2.00 bits per heavy atom. The van der Waals surface area contributed by atoms with Gasteiger partial charge in [-0.3, -0.25) is 0 Å². The van der Waals surface area contributed by atoms with Gasteiger partial charge < -0.3 is 10.8 Å². The molecule has 1 aromatic rings. The van der Waals surface area contributed by atoms with Gasteiger partial charge in [0, 0.05) is 12.2 Å². The van der Waals surface area contributed by atoms with Gasteiger partial charge in [-0.25, -0.2) is 17.5 Å². The van der Waals surface area contributed by atoms with Crippen molar-refractivity contribution in [2.24, 2.45) is 5.92 Å². The number of nitrogen functional groups attached to an aromatic ring is 1. The van der Waals surface area contributed by atoms with Crippen LogP contribution in [0.5, 0.6) is 0 Å². The maximum atomic E-state index is 13.7.